The molecule has 8 heteroatoms. The molecule has 2 aromatic heterocycles. The largest absolute Gasteiger partial charge is 0.362 e. The molecule has 1 saturated heterocycles. The molecule has 36 heavy (non-hydrogen) atoms. The molecule has 6 nitrogen and oxygen atoms in total. The minimum atomic E-state index is -0.0353. The summed E-state index contributed by atoms with van der Waals surface area (Å²) in [6.45, 7) is 13.0. The van der Waals surface area contributed by atoms with Gasteiger partial charge in [0.25, 0.3) is 0 Å². The average Bonchev–Trinajstić information content (AvgIpc) is 3.16. The fourth-order valence-corrected chi connectivity index (χ4v) is 6.50. The number of hydrogen-bond acceptors (Lipinski definition) is 7. The van der Waals surface area contributed by atoms with Crippen LogP contribution in [0.2, 0.25) is 0 Å². The van der Waals surface area contributed by atoms with E-state index in [0.717, 1.165) is 69.8 Å². The van der Waals surface area contributed by atoms with E-state index in [4.69, 9.17) is 15.0 Å². The van der Waals surface area contributed by atoms with Gasteiger partial charge in [0.15, 0.2) is 0 Å². The number of fused-ring (bicyclic) bond motifs is 1. The van der Waals surface area contributed by atoms with Gasteiger partial charge < -0.3 is 15.1 Å². The second kappa shape index (κ2) is 10.4. The van der Waals surface area contributed by atoms with Crippen molar-refractivity contribution in [1.82, 2.24) is 15.0 Å². The van der Waals surface area contributed by atoms with Crippen molar-refractivity contribution in [2.24, 2.45) is 0 Å². The van der Waals surface area contributed by atoms with E-state index in [9.17, 15) is 0 Å². The Morgan fingerprint density at radius 1 is 1.11 bits per heavy atom. The molecule has 3 aromatic rings. The molecule has 0 bridgehead atoms. The van der Waals surface area contributed by atoms with Crippen molar-refractivity contribution in [3.05, 3.63) is 56.9 Å². The maximum absolute atomic E-state index is 5.19. The summed E-state index contributed by atoms with van der Waals surface area (Å²) in [6, 6.07) is 10.9. The van der Waals surface area contributed by atoms with Crippen molar-refractivity contribution >= 4 is 62.8 Å². The van der Waals surface area contributed by atoms with Crippen LogP contribution in [0.25, 0.3) is 10.9 Å². The first-order valence-corrected chi connectivity index (χ1v) is 15.0. The number of pyridine rings is 1. The Morgan fingerprint density at radius 3 is 2.56 bits per heavy atom. The maximum Gasteiger partial charge on any atom is 0.232 e. The summed E-state index contributed by atoms with van der Waals surface area (Å²) in [6.07, 6.45) is 4.20. The number of para-hydroxylation sites is 1. The first-order chi connectivity index (χ1) is 17.3. The molecule has 0 saturated carbocycles. The lowest BCUT2D eigenvalue weighted by Crippen LogP contribution is -2.39. The van der Waals surface area contributed by atoms with E-state index >= 15 is 0 Å². The van der Waals surface area contributed by atoms with Crippen LogP contribution in [0.1, 0.15) is 57.8 Å². The zero-order valence-electron chi connectivity index (χ0n) is 21.8. The minimum absolute atomic E-state index is 0.0353. The smallest absolute Gasteiger partial charge is 0.232 e. The van der Waals surface area contributed by atoms with E-state index in [1.54, 1.807) is 0 Å². The number of allylic oxidation sites excluding steroid dienone is 1. The highest BCUT2D eigenvalue weighted by Crippen LogP contribution is 2.38. The van der Waals surface area contributed by atoms with Crippen LogP contribution >= 0.6 is 34.4 Å². The van der Waals surface area contributed by atoms with Crippen LogP contribution in [-0.4, -0.2) is 45.1 Å². The molecule has 0 aliphatic carbocycles. The van der Waals surface area contributed by atoms with Gasteiger partial charge in [-0.2, -0.15) is 16.7 Å². The summed E-state index contributed by atoms with van der Waals surface area (Å²) < 4.78 is 1.07. The zero-order chi connectivity index (χ0) is 25.4. The van der Waals surface area contributed by atoms with Crippen molar-refractivity contribution in [2.45, 2.75) is 59.0 Å². The number of benzene rings is 1. The Balaban J connectivity index is 1.56. The molecule has 0 amide bonds. The van der Waals surface area contributed by atoms with Gasteiger partial charge in [0.2, 0.25) is 5.95 Å². The topological polar surface area (TPSA) is 57.2 Å². The Morgan fingerprint density at radius 2 is 1.86 bits per heavy atom. The lowest BCUT2D eigenvalue weighted by atomic mass is 10.0. The molecule has 4 heterocycles. The summed E-state index contributed by atoms with van der Waals surface area (Å²) in [5.74, 6) is 5.06. The predicted octanol–water partition coefficient (Wildman–Crippen LogP) is 6.95. The fraction of sp³-hybridized carbons (Fsp3) is 0.464. The lowest BCUT2D eigenvalue weighted by molar-refractivity contribution is 0.518. The van der Waals surface area contributed by atoms with Crippen LogP contribution in [-0.2, 0) is 0 Å². The van der Waals surface area contributed by atoms with Crippen LogP contribution in [0.5, 0.6) is 0 Å². The van der Waals surface area contributed by atoms with Gasteiger partial charge in [-0.3, -0.25) is 0 Å². The molecule has 1 atom stereocenters. The summed E-state index contributed by atoms with van der Waals surface area (Å²) in [4.78, 5) is 19.9. The van der Waals surface area contributed by atoms with E-state index in [1.165, 1.54) is 16.6 Å². The molecule has 0 spiro atoms. The van der Waals surface area contributed by atoms with Gasteiger partial charge in [-0.1, -0.05) is 31.2 Å². The Bertz CT molecular complexity index is 1300. The van der Waals surface area contributed by atoms with Gasteiger partial charge in [-0.05, 0) is 75.3 Å². The van der Waals surface area contributed by atoms with Crippen molar-refractivity contribution in [3.63, 3.8) is 0 Å². The van der Waals surface area contributed by atoms with Gasteiger partial charge in [-0.25, -0.2) is 9.97 Å². The van der Waals surface area contributed by atoms with Gasteiger partial charge in [0.1, 0.15) is 11.6 Å². The van der Waals surface area contributed by atoms with Crippen LogP contribution in [0.3, 0.4) is 0 Å². The number of hydrogen-bond donors (Lipinski definition) is 1. The monoisotopic (exact) mass is 614 g/mol. The van der Waals surface area contributed by atoms with E-state index in [-0.39, 0.29) is 11.6 Å². The molecule has 1 fully saturated rings. The van der Waals surface area contributed by atoms with Crippen LogP contribution in [0.15, 0.2) is 42.1 Å². The molecular weight excluding hydrogens is 579 g/mol. The second-order valence-electron chi connectivity index (χ2n) is 10.3. The predicted molar refractivity (Wildman–Crippen MR) is 162 cm³/mol. The Kier molecular flexibility index (Phi) is 7.36. The highest BCUT2D eigenvalue weighted by atomic mass is 127. The number of nitrogens with zero attached hydrogens (tertiary/aromatic N) is 5. The average molecular weight is 615 g/mol. The van der Waals surface area contributed by atoms with Crippen LogP contribution < -0.4 is 15.1 Å². The van der Waals surface area contributed by atoms with Crippen molar-refractivity contribution < 1.29 is 0 Å². The van der Waals surface area contributed by atoms with Crippen molar-refractivity contribution in [2.75, 3.05) is 39.7 Å². The van der Waals surface area contributed by atoms with Gasteiger partial charge >= 0.3 is 0 Å². The summed E-state index contributed by atoms with van der Waals surface area (Å²) in [5, 5.41) is 5.01. The zero-order valence-corrected chi connectivity index (χ0v) is 24.8. The molecule has 1 aromatic carbocycles. The number of aryl methyl sites for hydroxylation is 1. The Hall–Kier alpha value is -2.07. The van der Waals surface area contributed by atoms with E-state index in [2.05, 4.69) is 109 Å². The lowest BCUT2D eigenvalue weighted by Gasteiger charge is -2.34. The van der Waals surface area contributed by atoms with Gasteiger partial charge in [0.05, 0.1) is 20.8 Å². The van der Waals surface area contributed by atoms with Crippen LogP contribution in [0, 0.1) is 10.5 Å². The fourth-order valence-electron chi connectivity index (χ4n) is 5.20. The van der Waals surface area contributed by atoms with Crippen LogP contribution in [0.4, 0.5) is 17.6 Å². The van der Waals surface area contributed by atoms with E-state index < -0.39 is 0 Å². The third kappa shape index (κ3) is 4.90. The highest BCUT2D eigenvalue weighted by molar-refractivity contribution is 14.1. The number of rotatable bonds is 6. The second-order valence-corrected chi connectivity index (χ2v) is 12.6. The molecule has 5 rings (SSSR count). The minimum Gasteiger partial charge on any atom is -0.362 e. The number of aromatic nitrogens is 3. The summed E-state index contributed by atoms with van der Waals surface area (Å²) >= 11 is 4.41. The normalized spacial score (nSPS) is 18.4. The number of nitrogens with one attached hydrogen (secondary N) is 1. The van der Waals surface area contributed by atoms with Crippen molar-refractivity contribution in [1.29, 1.82) is 0 Å². The molecule has 2 aliphatic rings. The molecule has 2 aliphatic heterocycles. The number of halogens is 1. The van der Waals surface area contributed by atoms with Crippen molar-refractivity contribution in [3.8, 4) is 0 Å². The maximum atomic E-state index is 5.19. The van der Waals surface area contributed by atoms with Gasteiger partial charge in [-0.15, -0.1) is 0 Å². The molecule has 0 radical (unpaired) electrons. The third-order valence-corrected chi connectivity index (χ3v) is 9.43. The first-order valence-electron chi connectivity index (χ1n) is 12.8. The molecule has 1 N–H and O–H groups in total. The third-order valence-electron chi connectivity index (χ3n) is 7.20. The Labute approximate surface area is 232 Å². The first kappa shape index (κ1) is 25.6. The number of anilines is 3. The highest BCUT2D eigenvalue weighted by Gasteiger charge is 2.35. The number of thioether (sulfide) groups is 1. The molecule has 190 valence electrons. The van der Waals surface area contributed by atoms with E-state index in [1.807, 2.05) is 11.8 Å². The standard InChI is InChI=1S/C28H35IN6S/c1-6-22(21-17-20-9-7-8-10-23(20)32-26(21)34-13-15-36-16-14-34)31-25-24(29)19(3)30-27(33-25)35-18(2)11-12-28(35,4)5/h7-11,17,22H,6,12-16H2,1-5H3,(H,30,31,33). The summed E-state index contributed by atoms with van der Waals surface area (Å²) in [5.41, 5.74) is 4.47. The molecular formula is C28H35IN6S. The van der Waals surface area contributed by atoms with E-state index in [0.29, 0.717) is 0 Å². The SMILES string of the molecule is CCC(Nc1nc(N2C(C)=CCC2(C)C)nc(C)c1I)c1cc2ccccc2nc1N1CCSCC1. The molecule has 1 unspecified atom stereocenters. The van der Waals surface area contributed by atoms with Gasteiger partial charge in [0, 0.05) is 46.8 Å². The quantitative estimate of drug-likeness (QED) is 0.302. The summed E-state index contributed by atoms with van der Waals surface area (Å²) in [7, 11) is 0.